The molecule has 3 atom stereocenters. The molecule has 0 aliphatic rings. The van der Waals surface area contributed by atoms with Crippen molar-refractivity contribution in [2.45, 2.75) is 50.2 Å². The number of carboxylic acid groups (broad SMARTS) is 2. The van der Waals surface area contributed by atoms with Gasteiger partial charge in [-0.2, -0.15) is 0 Å². The Hall–Kier alpha value is -4.40. The third-order valence-electron chi connectivity index (χ3n) is 5.05. The Labute approximate surface area is 212 Å². The van der Waals surface area contributed by atoms with Crippen molar-refractivity contribution in [2.24, 2.45) is 22.2 Å². The van der Waals surface area contributed by atoms with Gasteiger partial charge in [-0.25, -0.2) is 4.79 Å². The smallest absolute Gasteiger partial charge is 0.326 e. The van der Waals surface area contributed by atoms with Gasteiger partial charge in [-0.15, -0.1) is 0 Å². The van der Waals surface area contributed by atoms with Gasteiger partial charge in [-0.1, -0.05) is 12.1 Å². The van der Waals surface area contributed by atoms with E-state index < -0.39 is 54.2 Å². The fourth-order valence-corrected chi connectivity index (χ4v) is 3.17. The summed E-state index contributed by atoms with van der Waals surface area (Å²) in [7, 11) is 0. The first-order valence-electron chi connectivity index (χ1n) is 11.3. The molecule has 0 heterocycles. The first kappa shape index (κ1) is 30.6. The van der Waals surface area contributed by atoms with Crippen molar-refractivity contribution in [2.75, 3.05) is 13.1 Å². The number of guanidine groups is 1. The third-order valence-corrected chi connectivity index (χ3v) is 5.05. The Morgan fingerprint density at radius 3 is 2.00 bits per heavy atom. The Bertz CT molecular complexity index is 980. The van der Waals surface area contributed by atoms with Crippen molar-refractivity contribution in [1.29, 1.82) is 0 Å². The minimum atomic E-state index is -1.52. The molecule has 0 saturated carbocycles. The second-order valence-corrected chi connectivity index (χ2v) is 8.04. The topological polar surface area (TPSA) is 273 Å². The minimum absolute atomic E-state index is 0.0289. The molecule has 0 aromatic heterocycles. The highest BCUT2D eigenvalue weighted by atomic mass is 16.4. The SMILES string of the molecule is NCC(=O)NC(CCCN=C(N)N)C(=O)NC(Cc1ccc(O)cc1)C(=O)NC(CCC(=O)O)C(=O)O. The lowest BCUT2D eigenvalue weighted by Crippen LogP contribution is -2.56. The predicted octanol–water partition coefficient (Wildman–Crippen LogP) is -2.65. The summed E-state index contributed by atoms with van der Waals surface area (Å²) in [6.45, 7) is -0.217. The number of nitrogens with zero attached hydrogens (tertiary/aromatic N) is 1. The fraction of sp³-hybridized carbons (Fsp3) is 0.455. The van der Waals surface area contributed by atoms with E-state index in [-0.39, 0.29) is 44.1 Å². The van der Waals surface area contributed by atoms with Gasteiger partial charge in [0.2, 0.25) is 17.7 Å². The first-order valence-corrected chi connectivity index (χ1v) is 11.3. The van der Waals surface area contributed by atoms with Crippen LogP contribution in [0.5, 0.6) is 5.75 Å². The molecule has 15 heteroatoms. The van der Waals surface area contributed by atoms with E-state index in [0.717, 1.165) is 0 Å². The van der Waals surface area contributed by atoms with Crippen LogP contribution in [0.2, 0.25) is 0 Å². The third kappa shape index (κ3) is 12.2. The van der Waals surface area contributed by atoms with Gasteiger partial charge in [0.1, 0.15) is 23.9 Å². The van der Waals surface area contributed by atoms with E-state index >= 15 is 0 Å². The zero-order chi connectivity index (χ0) is 28.0. The Morgan fingerprint density at radius 2 is 1.46 bits per heavy atom. The van der Waals surface area contributed by atoms with Crippen LogP contribution in [-0.4, -0.2) is 82.2 Å². The summed E-state index contributed by atoms with van der Waals surface area (Å²) in [5, 5.41) is 34.9. The minimum Gasteiger partial charge on any atom is -0.508 e. The highest BCUT2D eigenvalue weighted by molar-refractivity contribution is 5.93. The standard InChI is InChI=1S/C22H33N7O8/c23-11-17(31)27-14(2-1-9-26-22(24)25)19(34)29-16(10-12-3-5-13(30)6-4-12)20(35)28-15(21(36)37)7-8-18(32)33/h3-6,14-16,30H,1-2,7-11,23H2,(H,27,31)(H,28,35)(H,29,34)(H,32,33)(H,36,37)(H4,24,25,26). The van der Waals surface area contributed by atoms with E-state index in [9.17, 15) is 34.2 Å². The average Bonchev–Trinajstić information content (AvgIpc) is 2.83. The molecule has 0 saturated heterocycles. The summed E-state index contributed by atoms with van der Waals surface area (Å²) < 4.78 is 0. The molecular formula is C22H33N7O8. The van der Waals surface area contributed by atoms with Gasteiger partial charge in [0.15, 0.2) is 5.96 Å². The quantitative estimate of drug-likeness (QED) is 0.0613. The number of aliphatic carboxylic acids is 2. The molecule has 3 amide bonds. The summed E-state index contributed by atoms with van der Waals surface area (Å²) in [4.78, 5) is 64.1. The number of phenolic OH excluding ortho intramolecular Hbond substituents is 1. The van der Waals surface area contributed by atoms with Gasteiger partial charge >= 0.3 is 11.9 Å². The molecule has 12 N–H and O–H groups in total. The Kier molecular flexibility index (Phi) is 12.9. The summed E-state index contributed by atoms with van der Waals surface area (Å²) in [6, 6.07) is 1.81. The largest absolute Gasteiger partial charge is 0.508 e. The number of hydrogen-bond donors (Lipinski definition) is 9. The number of carboxylic acids is 2. The van der Waals surface area contributed by atoms with Crippen molar-refractivity contribution in [1.82, 2.24) is 16.0 Å². The van der Waals surface area contributed by atoms with E-state index in [4.69, 9.17) is 22.3 Å². The molecule has 1 rings (SSSR count). The zero-order valence-electron chi connectivity index (χ0n) is 20.1. The van der Waals surface area contributed by atoms with E-state index in [1.807, 2.05) is 0 Å². The second-order valence-electron chi connectivity index (χ2n) is 8.04. The number of benzene rings is 1. The Morgan fingerprint density at radius 1 is 0.865 bits per heavy atom. The van der Waals surface area contributed by atoms with Crippen LogP contribution < -0.4 is 33.2 Å². The van der Waals surface area contributed by atoms with Crippen molar-refractivity contribution in [3.8, 4) is 5.75 Å². The highest BCUT2D eigenvalue weighted by Crippen LogP contribution is 2.12. The number of rotatable bonds is 16. The lowest BCUT2D eigenvalue weighted by atomic mass is 10.0. The maximum atomic E-state index is 13.1. The van der Waals surface area contributed by atoms with Crippen molar-refractivity contribution < 1.29 is 39.3 Å². The molecular weight excluding hydrogens is 490 g/mol. The average molecular weight is 524 g/mol. The number of nitrogens with one attached hydrogen (secondary N) is 3. The highest BCUT2D eigenvalue weighted by Gasteiger charge is 2.30. The number of nitrogens with two attached hydrogens (primary N) is 3. The molecule has 0 fully saturated rings. The molecule has 0 aliphatic carbocycles. The van der Waals surface area contributed by atoms with Crippen LogP contribution in [0.25, 0.3) is 0 Å². The lowest BCUT2D eigenvalue weighted by Gasteiger charge is -2.24. The lowest BCUT2D eigenvalue weighted by molar-refractivity contribution is -0.143. The summed E-state index contributed by atoms with van der Waals surface area (Å²) in [5.41, 5.74) is 16.4. The fourth-order valence-electron chi connectivity index (χ4n) is 3.17. The van der Waals surface area contributed by atoms with Gasteiger partial charge in [-0.3, -0.25) is 24.2 Å². The molecule has 0 bridgehead atoms. The molecule has 204 valence electrons. The first-order chi connectivity index (χ1) is 17.4. The molecule has 15 nitrogen and oxygen atoms in total. The molecule has 0 radical (unpaired) electrons. The number of carbonyl (C=O) groups is 5. The maximum Gasteiger partial charge on any atom is 0.326 e. The number of hydrogen-bond acceptors (Lipinski definition) is 8. The van der Waals surface area contributed by atoms with E-state index in [0.29, 0.717) is 12.0 Å². The normalized spacial score (nSPS) is 12.9. The maximum absolute atomic E-state index is 13.1. The summed E-state index contributed by atoms with van der Waals surface area (Å²) in [5.74, 6) is -5.12. The van der Waals surface area contributed by atoms with Crippen LogP contribution in [0.1, 0.15) is 31.2 Å². The molecule has 1 aromatic carbocycles. The molecule has 37 heavy (non-hydrogen) atoms. The van der Waals surface area contributed by atoms with Crippen LogP contribution in [0.15, 0.2) is 29.3 Å². The Balaban J connectivity index is 3.11. The molecule has 3 unspecified atom stereocenters. The van der Waals surface area contributed by atoms with E-state index in [2.05, 4.69) is 20.9 Å². The van der Waals surface area contributed by atoms with Crippen molar-refractivity contribution in [3.05, 3.63) is 29.8 Å². The van der Waals surface area contributed by atoms with Gasteiger partial charge < -0.3 is 48.5 Å². The number of aromatic hydroxyl groups is 1. The molecule has 1 aromatic rings. The zero-order valence-corrected chi connectivity index (χ0v) is 20.1. The summed E-state index contributed by atoms with van der Waals surface area (Å²) >= 11 is 0. The molecule has 0 aliphatic heterocycles. The van der Waals surface area contributed by atoms with E-state index in [1.165, 1.54) is 24.3 Å². The van der Waals surface area contributed by atoms with E-state index in [1.54, 1.807) is 0 Å². The molecule has 0 spiro atoms. The number of carbonyl (C=O) groups excluding carboxylic acids is 3. The van der Waals surface area contributed by atoms with Crippen LogP contribution >= 0.6 is 0 Å². The van der Waals surface area contributed by atoms with Gasteiger partial charge in [0.25, 0.3) is 0 Å². The van der Waals surface area contributed by atoms with Crippen molar-refractivity contribution >= 4 is 35.6 Å². The summed E-state index contributed by atoms with van der Waals surface area (Å²) in [6.07, 6.45) is -0.593. The van der Waals surface area contributed by atoms with Gasteiger partial charge in [0, 0.05) is 19.4 Å². The second kappa shape index (κ2) is 15.6. The van der Waals surface area contributed by atoms with Crippen LogP contribution in [-0.2, 0) is 30.4 Å². The predicted molar refractivity (Wildman–Crippen MR) is 131 cm³/mol. The monoisotopic (exact) mass is 523 g/mol. The van der Waals surface area contributed by atoms with Gasteiger partial charge in [-0.05, 0) is 37.0 Å². The van der Waals surface area contributed by atoms with Crippen LogP contribution in [0.4, 0.5) is 0 Å². The van der Waals surface area contributed by atoms with Crippen LogP contribution in [0.3, 0.4) is 0 Å². The van der Waals surface area contributed by atoms with Crippen LogP contribution in [0, 0.1) is 0 Å². The number of phenols is 1. The van der Waals surface area contributed by atoms with Gasteiger partial charge in [0.05, 0.1) is 6.54 Å². The number of aliphatic imine (C=N–C) groups is 1. The van der Waals surface area contributed by atoms with Crippen molar-refractivity contribution in [3.63, 3.8) is 0 Å². The number of amides is 3.